The van der Waals surface area contributed by atoms with Crippen LogP contribution in [-0.2, 0) is 4.79 Å². The summed E-state index contributed by atoms with van der Waals surface area (Å²) in [7, 11) is 0. The maximum Gasteiger partial charge on any atom is 0.223 e. The van der Waals surface area contributed by atoms with Crippen LogP contribution in [0.1, 0.15) is 34.4 Å². The van der Waals surface area contributed by atoms with E-state index in [2.05, 4.69) is 10.2 Å². The van der Waals surface area contributed by atoms with Crippen LogP contribution < -0.4 is 11.1 Å². The fourth-order valence-electron chi connectivity index (χ4n) is 3.35. The summed E-state index contributed by atoms with van der Waals surface area (Å²) in [6, 6.07) is 29.1. The van der Waals surface area contributed by atoms with Gasteiger partial charge in [0.25, 0.3) is 0 Å². The zero-order chi connectivity index (χ0) is 26.4. The normalized spacial score (nSPS) is 12.3. The average Bonchev–Trinajstić information content (AvgIpc) is 2.95. The Morgan fingerprint density at radius 3 is 1.44 bits per heavy atom. The van der Waals surface area contributed by atoms with Gasteiger partial charge in [-0.3, -0.25) is 4.79 Å². The number of benzene rings is 3. The molecule has 0 aromatic heterocycles. The Morgan fingerprint density at radius 2 is 1.11 bits per heavy atom. The molecule has 0 aliphatic heterocycles. The van der Waals surface area contributed by atoms with Gasteiger partial charge in [-0.15, -0.1) is 0 Å². The lowest BCUT2D eigenvalue weighted by Crippen LogP contribution is -2.22. The molecule has 0 saturated carbocycles. The predicted molar refractivity (Wildman–Crippen MR) is 143 cm³/mol. The number of hydrogen-bond donors (Lipinski definition) is 5. The Balaban J connectivity index is 0.000000271. The van der Waals surface area contributed by atoms with Gasteiger partial charge in [-0.25, -0.2) is 6.57 Å². The van der Waals surface area contributed by atoms with E-state index in [1.54, 1.807) is 0 Å². The Labute approximate surface area is 214 Å². The maximum absolute atomic E-state index is 10.1. The molecule has 0 bridgehead atoms. The Kier molecular flexibility index (Phi) is 16.7. The van der Waals surface area contributed by atoms with E-state index in [4.69, 9.17) is 27.6 Å². The maximum atomic E-state index is 10.1. The van der Waals surface area contributed by atoms with E-state index in [0.717, 1.165) is 16.7 Å². The highest BCUT2D eigenvalue weighted by Crippen LogP contribution is 2.15. The van der Waals surface area contributed by atoms with Gasteiger partial charge in [-0.05, 0) is 16.7 Å². The zero-order valence-corrected chi connectivity index (χ0v) is 20.5. The fourth-order valence-corrected chi connectivity index (χ4v) is 3.35. The Bertz CT molecular complexity index is 962. The third kappa shape index (κ3) is 11.7. The molecule has 0 fully saturated rings. The zero-order valence-electron chi connectivity index (χ0n) is 20.5. The summed E-state index contributed by atoms with van der Waals surface area (Å²) < 4.78 is 0. The summed E-state index contributed by atoms with van der Waals surface area (Å²) in [5, 5.41) is 29.5. The lowest BCUT2D eigenvalue weighted by Gasteiger charge is -2.13. The molecular formula is C29H37N3O4. The second-order valence-electron chi connectivity index (χ2n) is 7.97. The molecule has 3 unspecified atom stereocenters. The van der Waals surface area contributed by atoms with Crippen molar-refractivity contribution in [2.75, 3.05) is 39.5 Å². The predicted octanol–water partition coefficient (Wildman–Crippen LogP) is 2.91. The van der Waals surface area contributed by atoms with Crippen molar-refractivity contribution in [2.24, 2.45) is 5.73 Å². The van der Waals surface area contributed by atoms with Gasteiger partial charge in [-0.1, -0.05) is 91.0 Å². The molecule has 0 saturated heterocycles. The van der Waals surface area contributed by atoms with Gasteiger partial charge in [0.05, 0.1) is 25.7 Å². The standard InChI is InChI=1S/C10H13NO2.C10H11NO.C9H13NO/c12-7-10(6-11-8-13)9-4-2-1-3-5-9;1-11-7-10(8-12)9-5-3-2-4-6-9;10-6-9(7-11)8-4-2-1-3-5-8/h1-5,8,10,12H,6-7H2,(H,11,13);2-6,10,12H,7-8H2;1-5,9,11H,6-7,10H2. The summed E-state index contributed by atoms with van der Waals surface area (Å²) in [4.78, 5) is 13.3. The lowest BCUT2D eigenvalue weighted by atomic mass is 10.0. The summed E-state index contributed by atoms with van der Waals surface area (Å²) in [6.07, 6.45) is 0.644. The first kappa shape index (κ1) is 30.5. The third-order valence-corrected chi connectivity index (χ3v) is 5.52. The quantitative estimate of drug-likeness (QED) is 0.209. The number of nitrogens with zero attached hydrogens (tertiary/aromatic N) is 1. The lowest BCUT2D eigenvalue weighted by molar-refractivity contribution is -0.109. The number of hydrogen-bond acceptors (Lipinski definition) is 5. The minimum Gasteiger partial charge on any atom is -0.396 e. The first-order chi connectivity index (χ1) is 17.6. The van der Waals surface area contributed by atoms with Crippen LogP contribution in [0, 0.1) is 6.57 Å². The minimum absolute atomic E-state index is 0.00796. The number of rotatable bonds is 11. The van der Waals surface area contributed by atoms with E-state index in [9.17, 15) is 4.79 Å². The van der Waals surface area contributed by atoms with Gasteiger partial charge in [0.2, 0.25) is 13.0 Å². The number of carbonyl (C=O) groups excluding carboxylic acids is 1. The smallest absolute Gasteiger partial charge is 0.223 e. The monoisotopic (exact) mass is 491 g/mol. The van der Waals surface area contributed by atoms with Crippen molar-refractivity contribution in [1.82, 2.24) is 5.32 Å². The molecular weight excluding hydrogens is 454 g/mol. The molecule has 3 aromatic rings. The molecule has 0 spiro atoms. The second-order valence-corrected chi connectivity index (χ2v) is 7.97. The number of nitrogens with two attached hydrogens (primary N) is 1. The highest BCUT2D eigenvalue weighted by molar-refractivity contribution is 5.46. The molecule has 1 amide bonds. The molecule has 3 aromatic carbocycles. The van der Waals surface area contributed by atoms with Crippen LogP contribution in [0.25, 0.3) is 4.85 Å². The Hall–Kier alpha value is -3.54. The first-order valence-electron chi connectivity index (χ1n) is 11.8. The SMILES string of the molecule is NCC(CO)c1ccccc1.O=CNCC(CO)c1ccccc1.[C-]#[N+]CC(CO)c1ccccc1. The van der Waals surface area contributed by atoms with E-state index < -0.39 is 0 Å². The van der Waals surface area contributed by atoms with Crippen LogP contribution in [-0.4, -0.2) is 61.2 Å². The number of aliphatic hydroxyl groups is 3. The van der Waals surface area contributed by atoms with Crippen LogP contribution in [0.3, 0.4) is 0 Å². The highest BCUT2D eigenvalue weighted by Gasteiger charge is 2.11. The van der Waals surface area contributed by atoms with E-state index in [0.29, 0.717) is 26.0 Å². The van der Waals surface area contributed by atoms with Crippen LogP contribution in [0.15, 0.2) is 91.0 Å². The molecule has 3 rings (SSSR count). The van der Waals surface area contributed by atoms with Gasteiger partial charge >= 0.3 is 0 Å². The van der Waals surface area contributed by atoms with Crippen molar-refractivity contribution < 1.29 is 20.1 Å². The second kappa shape index (κ2) is 19.7. The molecule has 192 valence electrons. The van der Waals surface area contributed by atoms with Crippen molar-refractivity contribution in [2.45, 2.75) is 17.8 Å². The highest BCUT2D eigenvalue weighted by atomic mass is 16.3. The topological polar surface area (TPSA) is 120 Å². The molecule has 0 heterocycles. The van der Waals surface area contributed by atoms with Crippen LogP contribution in [0.4, 0.5) is 0 Å². The molecule has 0 aliphatic rings. The average molecular weight is 492 g/mol. The van der Waals surface area contributed by atoms with Crippen LogP contribution in [0.2, 0.25) is 0 Å². The summed E-state index contributed by atoms with van der Waals surface area (Å²) >= 11 is 0. The van der Waals surface area contributed by atoms with E-state index in [-0.39, 0.29) is 37.6 Å². The van der Waals surface area contributed by atoms with Gasteiger partial charge in [0, 0.05) is 24.9 Å². The molecule has 7 nitrogen and oxygen atoms in total. The minimum atomic E-state index is -0.0244. The van der Waals surface area contributed by atoms with Crippen molar-refractivity contribution in [1.29, 1.82) is 0 Å². The molecule has 3 atom stereocenters. The van der Waals surface area contributed by atoms with Crippen LogP contribution >= 0.6 is 0 Å². The Morgan fingerprint density at radius 1 is 0.722 bits per heavy atom. The largest absolute Gasteiger partial charge is 0.396 e. The molecule has 0 aliphatic carbocycles. The van der Waals surface area contributed by atoms with Crippen LogP contribution in [0.5, 0.6) is 0 Å². The van der Waals surface area contributed by atoms with Gasteiger partial charge in [-0.2, -0.15) is 0 Å². The van der Waals surface area contributed by atoms with E-state index >= 15 is 0 Å². The summed E-state index contributed by atoms with van der Waals surface area (Å²) in [5.74, 6) is 0.0614. The van der Waals surface area contributed by atoms with Gasteiger partial charge < -0.3 is 31.2 Å². The van der Waals surface area contributed by atoms with Gasteiger partial charge in [0.1, 0.15) is 0 Å². The van der Waals surface area contributed by atoms with Crippen molar-refractivity contribution >= 4 is 6.41 Å². The third-order valence-electron chi connectivity index (χ3n) is 5.52. The number of nitrogens with one attached hydrogen (secondary N) is 1. The van der Waals surface area contributed by atoms with Crippen molar-refractivity contribution in [3.63, 3.8) is 0 Å². The van der Waals surface area contributed by atoms with Crippen molar-refractivity contribution in [3.8, 4) is 0 Å². The van der Waals surface area contributed by atoms with E-state index in [1.165, 1.54) is 0 Å². The molecule has 0 radical (unpaired) electrons. The van der Waals surface area contributed by atoms with Crippen molar-refractivity contribution in [3.05, 3.63) is 119 Å². The number of amides is 1. The first-order valence-corrected chi connectivity index (χ1v) is 11.8. The summed E-state index contributed by atoms with van der Waals surface area (Å²) in [6.45, 7) is 8.26. The summed E-state index contributed by atoms with van der Waals surface area (Å²) in [5.41, 5.74) is 8.64. The molecule has 36 heavy (non-hydrogen) atoms. The number of carbonyl (C=O) groups is 1. The van der Waals surface area contributed by atoms with Gasteiger partial charge in [0.15, 0.2) is 0 Å². The fraction of sp³-hybridized carbons (Fsp3) is 0.310. The number of aliphatic hydroxyl groups excluding tert-OH is 3. The molecule has 7 heteroatoms. The molecule has 6 N–H and O–H groups in total. The van der Waals surface area contributed by atoms with E-state index in [1.807, 2.05) is 91.0 Å².